The molecule has 1 heterocycles. The highest BCUT2D eigenvalue weighted by molar-refractivity contribution is 6.07. The van der Waals surface area contributed by atoms with Crippen LogP contribution < -0.4 is 14.8 Å². The van der Waals surface area contributed by atoms with Crippen molar-refractivity contribution in [1.29, 1.82) is 0 Å². The number of ether oxygens (including phenoxy) is 2. The number of hydrogen-bond acceptors (Lipinski definition) is 5. The van der Waals surface area contributed by atoms with E-state index in [-0.39, 0.29) is 29.9 Å². The number of hydrogen-bond donors (Lipinski definition) is 1. The molecule has 2 atom stereocenters. The molecule has 1 unspecified atom stereocenters. The molecule has 0 saturated carbocycles. The molecule has 0 fully saturated rings. The maximum Gasteiger partial charge on any atom is 0.257 e. The molecule has 2 amide bonds. The number of anilines is 1. The number of para-hydroxylation sites is 2. The Morgan fingerprint density at radius 3 is 2.26 bits per heavy atom. The van der Waals surface area contributed by atoms with Crippen LogP contribution in [0, 0.1) is 5.92 Å². The molecule has 0 radical (unpaired) electrons. The van der Waals surface area contributed by atoms with E-state index in [4.69, 9.17) is 9.47 Å². The molecule has 43 heavy (non-hydrogen) atoms. The van der Waals surface area contributed by atoms with Crippen molar-refractivity contribution in [3.8, 4) is 17.2 Å². The lowest BCUT2D eigenvalue weighted by atomic mass is 9.99. The van der Waals surface area contributed by atoms with Gasteiger partial charge in [0.25, 0.3) is 11.8 Å². The van der Waals surface area contributed by atoms with E-state index in [2.05, 4.69) is 36.3 Å². The van der Waals surface area contributed by atoms with Crippen LogP contribution in [0.25, 0.3) is 0 Å². The normalized spacial score (nSPS) is 16.7. The van der Waals surface area contributed by atoms with Gasteiger partial charge in [-0.2, -0.15) is 0 Å². The average Bonchev–Trinajstić information content (AvgIpc) is 3.01. The molecule has 0 aromatic heterocycles. The quantitative estimate of drug-likeness (QED) is 0.230. The molecule has 0 spiro atoms. The maximum atomic E-state index is 13.7. The smallest absolute Gasteiger partial charge is 0.257 e. The molecular formula is C36H39N3O4. The van der Waals surface area contributed by atoms with E-state index in [9.17, 15) is 9.59 Å². The third-order valence-electron chi connectivity index (χ3n) is 7.65. The fourth-order valence-corrected chi connectivity index (χ4v) is 5.28. The second-order valence-corrected chi connectivity index (χ2v) is 11.4. The fraction of sp³-hybridized carbons (Fsp3) is 0.278. The van der Waals surface area contributed by atoms with Gasteiger partial charge in [0.05, 0.1) is 11.3 Å². The molecule has 0 aliphatic carbocycles. The molecule has 7 heteroatoms. The fourth-order valence-electron chi connectivity index (χ4n) is 5.28. The Balaban J connectivity index is 1.35. The van der Waals surface area contributed by atoms with Gasteiger partial charge in [0.1, 0.15) is 17.6 Å². The van der Waals surface area contributed by atoms with E-state index in [1.165, 1.54) is 0 Å². The van der Waals surface area contributed by atoms with Crippen molar-refractivity contribution < 1.29 is 19.1 Å². The van der Waals surface area contributed by atoms with Gasteiger partial charge < -0.3 is 19.7 Å². The lowest BCUT2D eigenvalue weighted by Crippen LogP contribution is -2.48. The summed E-state index contributed by atoms with van der Waals surface area (Å²) in [7, 11) is 2.07. The summed E-state index contributed by atoms with van der Waals surface area (Å²) >= 11 is 0. The van der Waals surface area contributed by atoms with E-state index in [0.29, 0.717) is 42.2 Å². The van der Waals surface area contributed by atoms with Gasteiger partial charge in [-0.05, 0) is 75.0 Å². The van der Waals surface area contributed by atoms with Gasteiger partial charge in [0, 0.05) is 37.2 Å². The first-order valence-corrected chi connectivity index (χ1v) is 14.8. The first-order chi connectivity index (χ1) is 20.8. The predicted octanol–water partition coefficient (Wildman–Crippen LogP) is 7.11. The molecule has 5 rings (SSSR count). The molecule has 7 nitrogen and oxygen atoms in total. The van der Waals surface area contributed by atoms with Gasteiger partial charge in [-0.1, -0.05) is 61.5 Å². The van der Waals surface area contributed by atoms with Crippen molar-refractivity contribution in [2.45, 2.75) is 39.5 Å². The topological polar surface area (TPSA) is 71.1 Å². The standard InChI is InChI=1S/C36H39N3O4/c1-25(2)39-22-26(3)33(24-38(4)23-27-18-20-30(21-19-27)42-29-14-9-6-10-15-29)43-34-31(36(39)41)16-11-17-32(34)37-35(40)28-12-7-5-8-13-28/h5-21,25-26,33H,22-24H2,1-4H3,(H,37,40)/t26-,33?/m0/s1. The van der Waals surface area contributed by atoms with Gasteiger partial charge in [-0.3, -0.25) is 14.5 Å². The van der Waals surface area contributed by atoms with Crippen LogP contribution in [0.15, 0.2) is 103 Å². The van der Waals surface area contributed by atoms with Crippen molar-refractivity contribution in [3.05, 3.63) is 120 Å². The SMILES string of the molecule is CC(C)N1C[C@H](C)C(CN(C)Cc2ccc(Oc3ccccc3)cc2)Oc2c(NC(=O)c3ccccc3)cccc2C1=O. The zero-order valence-corrected chi connectivity index (χ0v) is 25.2. The number of fused-ring (bicyclic) bond motifs is 1. The first-order valence-electron chi connectivity index (χ1n) is 14.8. The molecule has 1 aliphatic heterocycles. The summed E-state index contributed by atoms with van der Waals surface area (Å²) in [4.78, 5) is 30.9. The Hall–Kier alpha value is -4.62. The minimum absolute atomic E-state index is 0.0125. The molecule has 1 aliphatic rings. The van der Waals surface area contributed by atoms with Crippen LogP contribution >= 0.6 is 0 Å². The largest absolute Gasteiger partial charge is 0.486 e. The van der Waals surface area contributed by atoms with Crippen LogP contribution in [0.5, 0.6) is 17.2 Å². The second-order valence-electron chi connectivity index (χ2n) is 11.4. The number of amides is 2. The van der Waals surface area contributed by atoms with Crippen molar-refractivity contribution in [2.24, 2.45) is 5.92 Å². The first kappa shape index (κ1) is 29.9. The van der Waals surface area contributed by atoms with Crippen LogP contribution in [0.4, 0.5) is 5.69 Å². The number of nitrogens with one attached hydrogen (secondary N) is 1. The summed E-state index contributed by atoms with van der Waals surface area (Å²) in [5, 5.41) is 2.99. The van der Waals surface area contributed by atoms with Crippen LogP contribution in [0.3, 0.4) is 0 Å². The summed E-state index contributed by atoms with van der Waals surface area (Å²) < 4.78 is 12.6. The van der Waals surface area contributed by atoms with E-state index < -0.39 is 0 Å². The number of nitrogens with zero attached hydrogens (tertiary/aromatic N) is 2. The molecular weight excluding hydrogens is 538 g/mol. The number of benzene rings is 4. The van der Waals surface area contributed by atoms with Crippen molar-refractivity contribution in [2.75, 3.05) is 25.5 Å². The highest BCUT2D eigenvalue weighted by Crippen LogP contribution is 2.35. The highest BCUT2D eigenvalue weighted by atomic mass is 16.5. The number of rotatable bonds is 9. The minimum Gasteiger partial charge on any atom is -0.486 e. The van der Waals surface area contributed by atoms with Gasteiger partial charge in [0.15, 0.2) is 5.75 Å². The molecule has 4 aromatic carbocycles. The highest BCUT2D eigenvalue weighted by Gasteiger charge is 2.34. The van der Waals surface area contributed by atoms with Gasteiger partial charge in [-0.25, -0.2) is 0 Å². The Morgan fingerprint density at radius 2 is 1.58 bits per heavy atom. The average molecular weight is 578 g/mol. The maximum absolute atomic E-state index is 13.7. The Morgan fingerprint density at radius 1 is 0.930 bits per heavy atom. The van der Waals surface area contributed by atoms with Gasteiger partial charge in [-0.15, -0.1) is 0 Å². The monoisotopic (exact) mass is 577 g/mol. The number of likely N-dealkylation sites (N-methyl/N-ethyl adjacent to an activating group) is 1. The van der Waals surface area contributed by atoms with Gasteiger partial charge in [0.2, 0.25) is 0 Å². The van der Waals surface area contributed by atoms with Crippen LogP contribution in [-0.2, 0) is 6.54 Å². The molecule has 0 bridgehead atoms. The Kier molecular flexibility index (Phi) is 9.42. The predicted molar refractivity (Wildman–Crippen MR) is 170 cm³/mol. The van der Waals surface area contributed by atoms with E-state index in [0.717, 1.165) is 17.1 Å². The Labute approximate surface area is 254 Å². The number of carbonyl (C=O) groups is 2. The minimum atomic E-state index is -0.255. The van der Waals surface area contributed by atoms with Crippen LogP contribution in [0.1, 0.15) is 47.1 Å². The summed E-state index contributed by atoms with van der Waals surface area (Å²) in [5.74, 6) is 1.69. The molecule has 222 valence electrons. The van der Waals surface area contributed by atoms with Gasteiger partial charge >= 0.3 is 0 Å². The lowest BCUT2D eigenvalue weighted by Gasteiger charge is -2.38. The summed E-state index contributed by atoms with van der Waals surface area (Å²) in [5.41, 5.74) is 2.62. The summed E-state index contributed by atoms with van der Waals surface area (Å²) in [6.45, 7) is 8.09. The molecule has 4 aromatic rings. The molecule has 0 saturated heterocycles. The van der Waals surface area contributed by atoms with Crippen molar-refractivity contribution in [1.82, 2.24) is 9.80 Å². The van der Waals surface area contributed by atoms with E-state index in [1.54, 1.807) is 30.3 Å². The molecule has 1 N–H and O–H groups in total. The van der Waals surface area contributed by atoms with E-state index in [1.807, 2.05) is 79.4 Å². The van der Waals surface area contributed by atoms with Crippen molar-refractivity contribution in [3.63, 3.8) is 0 Å². The zero-order valence-electron chi connectivity index (χ0n) is 25.2. The third-order valence-corrected chi connectivity index (χ3v) is 7.65. The van der Waals surface area contributed by atoms with Crippen molar-refractivity contribution >= 4 is 17.5 Å². The van der Waals surface area contributed by atoms with Crippen LogP contribution in [0.2, 0.25) is 0 Å². The summed E-state index contributed by atoms with van der Waals surface area (Å²) in [6, 6.07) is 32.2. The zero-order chi connectivity index (χ0) is 30.3. The number of carbonyl (C=O) groups excluding carboxylic acids is 2. The van der Waals surface area contributed by atoms with E-state index >= 15 is 0 Å². The summed E-state index contributed by atoms with van der Waals surface area (Å²) in [6.07, 6.45) is -0.228. The third kappa shape index (κ3) is 7.43. The second kappa shape index (κ2) is 13.6. The Bertz CT molecular complexity index is 1520. The lowest BCUT2D eigenvalue weighted by molar-refractivity contribution is 0.0433. The van der Waals surface area contributed by atoms with Crippen LogP contribution in [-0.4, -0.2) is 53.9 Å².